The first-order chi connectivity index (χ1) is 14.3. The van der Waals surface area contributed by atoms with Gasteiger partial charge in [0, 0.05) is 7.11 Å². The Morgan fingerprint density at radius 3 is 2.00 bits per heavy atom. The van der Waals surface area contributed by atoms with Gasteiger partial charge in [-0.25, -0.2) is 0 Å². The molecule has 2 aromatic rings. The number of rotatable bonds is 9. The molecule has 9 heteroatoms. The van der Waals surface area contributed by atoms with Crippen LogP contribution in [0.25, 0.3) is 0 Å². The van der Waals surface area contributed by atoms with Crippen LogP contribution in [-0.4, -0.2) is 25.0 Å². The molecule has 2 rings (SSSR count). The molecule has 1 unspecified atom stereocenters. The van der Waals surface area contributed by atoms with Crippen molar-refractivity contribution >= 4 is 5.97 Å². The fourth-order valence-corrected chi connectivity index (χ4v) is 3.24. The molecule has 0 aliphatic heterocycles. The summed E-state index contributed by atoms with van der Waals surface area (Å²) < 4.78 is 52.0. The van der Waals surface area contributed by atoms with Gasteiger partial charge in [-0.1, -0.05) is 24.3 Å². The third-order valence-corrected chi connectivity index (χ3v) is 4.83. The number of aryl methyl sites for hydroxylation is 3. The molecule has 0 bridgehead atoms. The second-order valence-corrected chi connectivity index (χ2v) is 7.84. The van der Waals surface area contributed by atoms with E-state index in [9.17, 15) is 23.1 Å². The van der Waals surface area contributed by atoms with Crippen LogP contribution in [0, 0.1) is 13.8 Å². The van der Waals surface area contributed by atoms with Gasteiger partial charge in [-0.15, -0.1) is 13.2 Å². The van der Waals surface area contributed by atoms with Crippen molar-refractivity contribution in [3.63, 3.8) is 0 Å². The predicted molar refractivity (Wildman–Crippen MR) is 107 cm³/mol. The standard InChI is InChI=1S/C23H27F3O5.Na/c1-14-12-16(13-15(2)20(14)31-22(3,4)21(27)28)6-11-19(29-5)17-7-9-18(10-8-17)30-23(24,25)26;/h7-10,12-13,19H,6,11H2,1-5H3,(H,27,28);/q;+1/p-1. The van der Waals surface area contributed by atoms with E-state index >= 15 is 0 Å². The maximum absolute atomic E-state index is 12.3. The van der Waals surface area contributed by atoms with Crippen LogP contribution in [0.3, 0.4) is 0 Å². The number of benzene rings is 2. The van der Waals surface area contributed by atoms with Crippen LogP contribution in [-0.2, 0) is 16.0 Å². The number of carboxylic acids is 1. The van der Waals surface area contributed by atoms with Crippen LogP contribution in [0.15, 0.2) is 36.4 Å². The monoisotopic (exact) mass is 462 g/mol. The SMILES string of the molecule is COC(CCc1cc(C)c(OC(C)(C)C(=O)[O-])c(C)c1)c1ccc(OC(F)(F)F)cc1.[Na+]. The maximum Gasteiger partial charge on any atom is 1.00 e. The maximum atomic E-state index is 12.3. The zero-order valence-electron chi connectivity index (χ0n) is 19.1. The first-order valence-electron chi connectivity index (χ1n) is 9.71. The molecule has 170 valence electrons. The second kappa shape index (κ2) is 11.4. The molecule has 0 aromatic heterocycles. The van der Waals surface area contributed by atoms with Crippen LogP contribution in [0.1, 0.15) is 48.6 Å². The first-order valence-corrected chi connectivity index (χ1v) is 9.71. The van der Waals surface area contributed by atoms with E-state index in [1.54, 1.807) is 19.2 Å². The van der Waals surface area contributed by atoms with Gasteiger partial charge in [-0.05, 0) is 74.9 Å². The van der Waals surface area contributed by atoms with Gasteiger partial charge in [0.2, 0.25) is 0 Å². The van der Waals surface area contributed by atoms with Crippen molar-refractivity contribution < 1.29 is 66.8 Å². The molecule has 0 heterocycles. The Balaban J connectivity index is 0.00000512. The summed E-state index contributed by atoms with van der Waals surface area (Å²) in [6.07, 6.45) is -3.80. The summed E-state index contributed by atoms with van der Waals surface area (Å²) in [6, 6.07) is 9.44. The van der Waals surface area contributed by atoms with Crippen molar-refractivity contribution in [2.24, 2.45) is 0 Å². The largest absolute Gasteiger partial charge is 1.00 e. The third-order valence-electron chi connectivity index (χ3n) is 4.83. The van der Waals surface area contributed by atoms with Gasteiger partial charge in [0.05, 0.1) is 12.1 Å². The number of hydrogen-bond donors (Lipinski definition) is 0. The quantitative estimate of drug-likeness (QED) is 0.528. The number of hydrogen-bond acceptors (Lipinski definition) is 5. The number of carbonyl (C=O) groups excluding carboxylic acids is 1. The summed E-state index contributed by atoms with van der Waals surface area (Å²) in [5.41, 5.74) is 1.88. The van der Waals surface area contributed by atoms with Crippen LogP contribution >= 0.6 is 0 Å². The topological polar surface area (TPSA) is 67.8 Å². The molecule has 0 spiro atoms. The van der Waals surface area contributed by atoms with Crippen molar-refractivity contribution in [1.29, 1.82) is 0 Å². The number of methoxy groups -OCH3 is 1. The van der Waals surface area contributed by atoms with Crippen molar-refractivity contribution in [2.75, 3.05) is 7.11 Å². The molecule has 0 aliphatic carbocycles. The molecule has 1 atom stereocenters. The van der Waals surface area contributed by atoms with Gasteiger partial charge in [-0.3, -0.25) is 0 Å². The minimum atomic E-state index is -4.73. The average Bonchev–Trinajstić information content (AvgIpc) is 2.65. The molecule has 2 aromatic carbocycles. The van der Waals surface area contributed by atoms with Crippen molar-refractivity contribution in [3.05, 3.63) is 58.7 Å². The molecular formula is C23H26F3NaO5. The Labute approximate surface area is 208 Å². The van der Waals surface area contributed by atoms with Crippen molar-refractivity contribution in [2.45, 2.75) is 58.6 Å². The zero-order chi connectivity index (χ0) is 23.4. The van der Waals surface area contributed by atoms with Crippen LogP contribution in [0.4, 0.5) is 13.2 Å². The smallest absolute Gasteiger partial charge is 0.546 e. The third kappa shape index (κ3) is 7.99. The normalized spacial score (nSPS) is 12.6. The number of ether oxygens (including phenoxy) is 3. The minimum absolute atomic E-state index is 0. The van der Waals surface area contributed by atoms with Crippen LogP contribution in [0.5, 0.6) is 11.5 Å². The molecule has 5 nitrogen and oxygen atoms in total. The zero-order valence-corrected chi connectivity index (χ0v) is 21.1. The molecule has 0 saturated carbocycles. The summed E-state index contributed by atoms with van der Waals surface area (Å²) in [7, 11) is 1.54. The van der Waals surface area contributed by atoms with Gasteiger partial charge in [0.15, 0.2) is 0 Å². The number of carbonyl (C=O) groups is 1. The number of aliphatic carboxylic acids is 1. The first kappa shape index (κ1) is 28.3. The number of carboxylic acid groups (broad SMARTS) is 1. The van der Waals surface area contributed by atoms with E-state index in [2.05, 4.69) is 4.74 Å². The van der Waals surface area contributed by atoms with Gasteiger partial charge in [0.1, 0.15) is 17.1 Å². The number of halogens is 3. The Morgan fingerprint density at radius 1 is 1.03 bits per heavy atom. The van der Waals surface area contributed by atoms with Crippen molar-refractivity contribution in [3.8, 4) is 11.5 Å². The Morgan fingerprint density at radius 2 is 1.56 bits per heavy atom. The Kier molecular flexibility index (Phi) is 10.1. The Hall–Kier alpha value is -1.74. The van der Waals surface area contributed by atoms with Gasteiger partial charge in [-0.2, -0.15) is 0 Å². The molecule has 0 radical (unpaired) electrons. The van der Waals surface area contributed by atoms with E-state index in [0.29, 0.717) is 18.6 Å². The predicted octanol–water partition coefficient (Wildman–Crippen LogP) is 1.43. The summed E-state index contributed by atoms with van der Waals surface area (Å²) >= 11 is 0. The van der Waals surface area contributed by atoms with E-state index in [-0.39, 0.29) is 41.4 Å². The summed E-state index contributed by atoms with van der Waals surface area (Å²) in [4.78, 5) is 11.2. The average molecular weight is 462 g/mol. The number of alkyl halides is 3. The van der Waals surface area contributed by atoms with Gasteiger partial charge >= 0.3 is 35.9 Å². The molecule has 0 fully saturated rings. The fourth-order valence-electron chi connectivity index (χ4n) is 3.24. The van der Waals surface area contributed by atoms with Gasteiger partial charge < -0.3 is 24.1 Å². The molecule has 0 N–H and O–H groups in total. The van der Waals surface area contributed by atoms with E-state index in [1.807, 2.05) is 26.0 Å². The van der Waals surface area contributed by atoms with E-state index < -0.39 is 17.9 Å². The Bertz CT molecular complexity index is 888. The molecule has 0 aliphatic rings. The summed E-state index contributed by atoms with van der Waals surface area (Å²) in [6.45, 7) is 6.54. The van der Waals surface area contributed by atoms with Crippen LogP contribution in [0.2, 0.25) is 0 Å². The van der Waals surface area contributed by atoms with E-state index in [4.69, 9.17) is 9.47 Å². The summed E-state index contributed by atoms with van der Waals surface area (Å²) in [5, 5.41) is 11.2. The minimum Gasteiger partial charge on any atom is -0.546 e. The molecule has 0 saturated heterocycles. The molecule has 32 heavy (non-hydrogen) atoms. The van der Waals surface area contributed by atoms with E-state index in [1.165, 1.54) is 26.0 Å². The van der Waals surface area contributed by atoms with E-state index in [0.717, 1.165) is 22.3 Å². The fraction of sp³-hybridized carbons (Fsp3) is 0.435. The van der Waals surface area contributed by atoms with Crippen LogP contribution < -0.4 is 44.1 Å². The molecule has 0 amide bonds. The van der Waals surface area contributed by atoms with Gasteiger partial charge in [0.25, 0.3) is 0 Å². The summed E-state index contributed by atoms with van der Waals surface area (Å²) in [5.74, 6) is -1.08. The molecular weight excluding hydrogens is 436 g/mol. The van der Waals surface area contributed by atoms with Crippen molar-refractivity contribution in [1.82, 2.24) is 0 Å². The second-order valence-electron chi connectivity index (χ2n) is 7.84.